The number of aromatic nitrogens is 3. The molecule has 0 spiro atoms. The van der Waals surface area contributed by atoms with Crippen LogP contribution >= 0.6 is 11.6 Å². The van der Waals surface area contributed by atoms with Gasteiger partial charge in [0.25, 0.3) is 10.1 Å². The van der Waals surface area contributed by atoms with Gasteiger partial charge in [-0.15, -0.1) is 0 Å². The molecular formula is C9H5ClF2N4O3S. The quantitative estimate of drug-likeness (QED) is 0.830. The lowest BCUT2D eigenvalue weighted by Gasteiger charge is -2.07. The summed E-state index contributed by atoms with van der Waals surface area (Å²) in [5.41, 5.74) is 0.0482. The van der Waals surface area contributed by atoms with Gasteiger partial charge in [-0.3, -0.25) is 4.55 Å². The minimum Gasteiger partial charge on any atom is -0.324 e. The fourth-order valence-corrected chi connectivity index (χ4v) is 2.29. The fraction of sp³-hybridized carbons (Fsp3) is 0. The van der Waals surface area contributed by atoms with Crippen molar-refractivity contribution in [3.63, 3.8) is 0 Å². The molecule has 0 amide bonds. The first-order valence-corrected chi connectivity index (χ1v) is 6.68. The van der Waals surface area contributed by atoms with E-state index in [1.54, 1.807) is 0 Å². The second kappa shape index (κ2) is 5.23. The first-order chi connectivity index (χ1) is 9.25. The van der Waals surface area contributed by atoms with Gasteiger partial charge in [0.15, 0.2) is 0 Å². The maximum absolute atomic E-state index is 12.8. The zero-order valence-electron chi connectivity index (χ0n) is 9.38. The molecule has 1 aromatic carbocycles. The van der Waals surface area contributed by atoms with E-state index in [1.165, 1.54) is 12.1 Å². The predicted octanol–water partition coefficient (Wildman–Crippen LogP) is 1.79. The highest BCUT2D eigenvalue weighted by molar-refractivity contribution is 7.86. The van der Waals surface area contributed by atoms with Crippen molar-refractivity contribution < 1.29 is 21.8 Å². The summed E-state index contributed by atoms with van der Waals surface area (Å²) in [6.07, 6.45) is -2.69. The monoisotopic (exact) mass is 322 g/mol. The molecule has 1 aromatic heterocycles. The van der Waals surface area contributed by atoms with Crippen molar-refractivity contribution in [3.05, 3.63) is 35.4 Å². The molecule has 2 rings (SSSR count). The second-order valence-corrected chi connectivity index (χ2v) is 5.24. The Hall–Kier alpha value is -1.91. The minimum absolute atomic E-state index is 0.0482. The van der Waals surface area contributed by atoms with Crippen molar-refractivity contribution in [3.8, 4) is 0 Å². The molecule has 0 bridgehead atoms. The highest BCUT2D eigenvalue weighted by Gasteiger charge is 2.15. The molecular weight excluding hydrogens is 318 g/mol. The molecule has 0 saturated carbocycles. The molecule has 0 aliphatic heterocycles. The van der Waals surface area contributed by atoms with E-state index in [4.69, 9.17) is 16.2 Å². The van der Waals surface area contributed by atoms with Crippen molar-refractivity contribution in [2.24, 2.45) is 0 Å². The van der Waals surface area contributed by atoms with Crippen molar-refractivity contribution in [2.45, 2.75) is 4.90 Å². The Morgan fingerprint density at radius 3 is 2.30 bits per heavy atom. The SMILES string of the molecule is O=S(=O)(O)c1cc(Nc2nc(F)nc(F)n2)ccc1Cl. The number of nitrogens with zero attached hydrogens (tertiary/aromatic N) is 3. The van der Waals surface area contributed by atoms with E-state index in [-0.39, 0.29) is 10.7 Å². The van der Waals surface area contributed by atoms with Gasteiger partial charge in [-0.05, 0) is 18.2 Å². The van der Waals surface area contributed by atoms with Crippen LogP contribution in [0.1, 0.15) is 0 Å². The van der Waals surface area contributed by atoms with Gasteiger partial charge in [-0.25, -0.2) is 0 Å². The zero-order valence-corrected chi connectivity index (χ0v) is 11.0. The third-order valence-electron chi connectivity index (χ3n) is 2.05. The van der Waals surface area contributed by atoms with Crippen LogP contribution < -0.4 is 5.32 Å². The number of hydrogen-bond donors (Lipinski definition) is 2. The van der Waals surface area contributed by atoms with Crippen molar-refractivity contribution in [1.29, 1.82) is 0 Å². The van der Waals surface area contributed by atoms with Crippen LogP contribution in [0.4, 0.5) is 20.4 Å². The number of nitrogens with one attached hydrogen (secondary N) is 1. The van der Waals surface area contributed by atoms with E-state index in [0.717, 1.165) is 6.07 Å². The smallest absolute Gasteiger partial charge is 0.315 e. The average molecular weight is 323 g/mol. The molecule has 7 nitrogen and oxygen atoms in total. The number of rotatable bonds is 3. The average Bonchev–Trinajstić information content (AvgIpc) is 2.29. The van der Waals surface area contributed by atoms with Crippen LogP contribution in [0.5, 0.6) is 0 Å². The third kappa shape index (κ3) is 3.35. The summed E-state index contributed by atoms with van der Waals surface area (Å²) in [5.74, 6) is -0.474. The topological polar surface area (TPSA) is 105 Å². The van der Waals surface area contributed by atoms with Gasteiger partial charge in [0.2, 0.25) is 5.95 Å². The molecule has 0 saturated heterocycles. The van der Waals surface area contributed by atoms with E-state index < -0.39 is 33.1 Å². The van der Waals surface area contributed by atoms with Crippen LogP contribution in [0.25, 0.3) is 0 Å². The van der Waals surface area contributed by atoms with Crippen molar-refractivity contribution >= 4 is 33.4 Å². The molecule has 2 aromatic rings. The van der Waals surface area contributed by atoms with E-state index in [2.05, 4.69) is 20.3 Å². The summed E-state index contributed by atoms with van der Waals surface area (Å²) in [7, 11) is -4.54. The first kappa shape index (κ1) is 14.5. The molecule has 0 unspecified atom stereocenters. The Balaban J connectivity index is 2.40. The Labute approximate surface area is 116 Å². The number of halogens is 3. The molecule has 20 heavy (non-hydrogen) atoms. The van der Waals surface area contributed by atoms with E-state index >= 15 is 0 Å². The molecule has 0 radical (unpaired) electrons. The van der Waals surface area contributed by atoms with Gasteiger partial charge in [0.1, 0.15) is 4.90 Å². The van der Waals surface area contributed by atoms with Crippen LogP contribution in [-0.4, -0.2) is 27.9 Å². The Kier molecular flexibility index (Phi) is 3.79. The van der Waals surface area contributed by atoms with Gasteiger partial charge in [-0.2, -0.15) is 32.2 Å². The highest BCUT2D eigenvalue weighted by atomic mass is 35.5. The lowest BCUT2D eigenvalue weighted by molar-refractivity contribution is 0.458. The zero-order chi connectivity index (χ0) is 14.9. The van der Waals surface area contributed by atoms with Gasteiger partial charge in [-0.1, -0.05) is 11.6 Å². The summed E-state index contributed by atoms with van der Waals surface area (Å²) in [6.45, 7) is 0. The summed E-state index contributed by atoms with van der Waals surface area (Å²) >= 11 is 5.61. The summed E-state index contributed by atoms with van der Waals surface area (Å²) in [6, 6.07) is 3.43. The first-order valence-electron chi connectivity index (χ1n) is 4.87. The van der Waals surface area contributed by atoms with Crippen LogP contribution in [0.3, 0.4) is 0 Å². The predicted molar refractivity (Wildman–Crippen MR) is 64.3 cm³/mol. The molecule has 0 aliphatic carbocycles. The molecule has 11 heteroatoms. The highest BCUT2D eigenvalue weighted by Crippen LogP contribution is 2.25. The van der Waals surface area contributed by atoms with Crippen LogP contribution in [-0.2, 0) is 10.1 Å². The van der Waals surface area contributed by atoms with Gasteiger partial charge in [0.05, 0.1) is 5.02 Å². The van der Waals surface area contributed by atoms with Crippen LogP contribution in [0, 0.1) is 12.2 Å². The largest absolute Gasteiger partial charge is 0.324 e. The molecule has 2 N–H and O–H groups in total. The summed E-state index contributed by atoms with van der Waals surface area (Å²) in [4.78, 5) is 8.44. The summed E-state index contributed by atoms with van der Waals surface area (Å²) < 4.78 is 56.6. The Morgan fingerprint density at radius 1 is 1.15 bits per heavy atom. The van der Waals surface area contributed by atoms with Gasteiger partial charge < -0.3 is 5.32 Å². The maximum atomic E-state index is 12.8. The van der Waals surface area contributed by atoms with Crippen LogP contribution in [0.2, 0.25) is 5.02 Å². The lowest BCUT2D eigenvalue weighted by atomic mass is 10.3. The third-order valence-corrected chi connectivity index (χ3v) is 3.38. The molecule has 0 fully saturated rings. The summed E-state index contributed by atoms with van der Waals surface area (Å²) in [5, 5.41) is 2.13. The molecule has 0 atom stereocenters. The fourth-order valence-electron chi connectivity index (χ4n) is 1.29. The standard InChI is InChI=1S/C9H5ClF2N4O3S/c10-5-2-1-4(3-6(5)20(17,18)19)13-9-15-7(11)14-8(12)16-9/h1-3H,(H,17,18,19)(H,13,14,15,16). The number of hydrogen-bond acceptors (Lipinski definition) is 6. The van der Waals surface area contributed by atoms with E-state index in [9.17, 15) is 17.2 Å². The van der Waals surface area contributed by atoms with E-state index in [1.807, 2.05) is 0 Å². The van der Waals surface area contributed by atoms with Crippen molar-refractivity contribution in [1.82, 2.24) is 15.0 Å². The van der Waals surface area contributed by atoms with Gasteiger partial charge in [0, 0.05) is 5.69 Å². The molecule has 1 heterocycles. The Morgan fingerprint density at radius 2 is 1.75 bits per heavy atom. The maximum Gasteiger partial charge on any atom is 0.315 e. The van der Waals surface area contributed by atoms with Gasteiger partial charge >= 0.3 is 12.2 Å². The Bertz CT molecular complexity index is 752. The van der Waals surface area contributed by atoms with Crippen molar-refractivity contribution in [2.75, 3.05) is 5.32 Å². The second-order valence-electron chi connectivity index (χ2n) is 3.44. The molecule has 106 valence electrons. The van der Waals surface area contributed by atoms with Crippen LogP contribution in [0.15, 0.2) is 23.1 Å². The number of anilines is 2. The molecule has 0 aliphatic rings. The minimum atomic E-state index is -4.54. The normalized spacial score (nSPS) is 11.4. The van der Waals surface area contributed by atoms with E-state index in [0.29, 0.717) is 0 Å². The number of benzene rings is 1. The lowest BCUT2D eigenvalue weighted by Crippen LogP contribution is -2.05.